The number of nitrogens with one attached hydrogen (secondary N) is 1. The minimum atomic E-state index is -0.320. The number of aryl methyl sites for hydroxylation is 1. The standard InChI is InChI=1S/C22H21N7O2/c1-14-7-22(8-14,21-25-13-28(2)27-21)15-6-16(10-23-9-15)26-20(31)18-4-3-5-29-17(12-30)11-24-19(18)29/h3-6,9-14H,7-8H2,1-2H3,(H,26,31). The Labute approximate surface area is 178 Å². The number of aromatic nitrogens is 6. The van der Waals surface area contributed by atoms with Crippen LogP contribution in [0.15, 0.2) is 49.3 Å². The highest BCUT2D eigenvalue weighted by Gasteiger charge is 2.48. The Morgan fingerprint density at radius 1 is 1.26 bits per heavy atom. The molecule has 0 aliphatic heterocycles. The first-order valence-corrected chi connectivity index (χ1v) is 10.0. The molecule has 1 aliphatic rings. The van der Waals surface area contributed by atoms with Crippen molar-refractivity contribution in [3.63, 3.8) is 0 Å². The third-order valence-electron chi connectivity index (χ3n) is 5.90. The molecule has 1 fully saturated rings. The van der Waals surface area contributed by atoms with Gasteiger partial charge in [0, 0.05) is 19.4 Å². The molecule has 9 heteroatoms. The van der Waals surface area contributed by atoms with Crippen LogP contribution in [-0.4, -0.2) is 41.3 Å². The lowest BCUT2D eigenvalue weighted by Crippen LogP contribution is -2.42. The summed E-state index contributed by atoms with van der Waals surface area (Å²) in [5, 5.41) is 7.47. The molecule has 1 aliphatic carbocycles. The molecular formula is C22H21N7O2. The summed E-state index contributed by atoms with van der Waals surface area (Å²) in [6.07, 6.45) is 10.9. The fraction of sp³-hybridized carbons (Fsp3) is 0.273. The zero-order chi connectivity index (χ0) is 21.6. The Balaban J connectivity index is 1.47. The lowest BCUT2D eigenvalue weighted by molar-refractivity contribution is 0.102. The third-order valence-corrected chi connectivity index (χ3v) is 5.90. The fourth-order valence-electron chi connectivity index (χ4n) is 4.50. The molecule has 0 unspecified atom stereocenters. The van der Waals surface area contributed by atoms with E-state index in [0.717, 1.165) is 24.2 Å². The van der Waals surface area contributed by atoms with E-state index in [1.165, 1.54) is 6.20 Å². The van der Waals surface area contributed by atoms with E-state index in [1.54, 1.807) is 39.9 Å². The van der Waals surface area contributed by atoms with E-state index in [2.05, 4.69) is 32.3 Å². The number of hydrogen-bond donors (Lipinski definition) is 1. The summed E-state index contributed by atoms with van der Waals surface area (Å²) in [6.45, 7) is 2.21. The van der Waals surface area contributed by atoms with Gasteiger partial charge >= 0.3 is 0 Å². The Hall–Kier alpha value is -3.88. The van der Waals surface area contributed by atoms with Gasteiger partial charge in [-0.15, -0.1) is 0 Å². The second-order valence-corrected chi connectivity index (χ2v) is 8.17. The van der Waals surface area contributed by atoms with Crippen LogP contribution in [0.5, 0.6) is 0 Å². The normalized spacial score (nSPS) is 20.4. The summed E-state index contributed by atoms with van der Waals surface area (Å²) in [7, 11) is 1.85. The summed E-state index contributed by atoms with van der Waals surface area (Å²) in [5.41, 5.74) is 2.46. The number of fused-ring (bicyclic) bond motifs is 1. The summed E-state index contributed by atoms with van der Waals surface area (Å²) < 4.78 is 3.30. The molecule has 1 amide bonds. The molecule has 0 saturated heterocycles. The van der Waals surface area contributed by atoms with Crippen LogP contribution in [0.2, 0.25) is 0 Å². The minimum Gasteiger partial charge on any atom is -0.320 e. The van der Waals surface area contributed by atoms with Crippen LogP contribution in [-0.2, 0) is 12.5 Å². The van der Waals surface area contributed by atoms with Crippen molar-refractivity contribution >= 4 is 23.5 Å². The second-order valence-electron chi connectivity index (χ2n) is 8.17. The first-order chi connectivity index (χ1) is 15.0. The number of nitrogens with zero attached hydrogens (tertiary/aromatic N) is 6. The summed E-state index contributed by atoms with van der Waals surface area (Å²) in [5.74, 6) is 1.02. The number of imidazole rings is 1. The van der Waals surface area contributed by atoms with E-state index in [9.17, 15) is 9.59 Å². The lowest BCUT2D eigenvalue weighted by Gasteiger charge is -2.44. The number of anilines is 1. The average Bonchev–Trinajstić information content (AvgIpc) is 3.37. The molecule has 0 aromatic carbocycles. The molecule has 9 nitrogen and oxygen atoms in total. The van der Waals surface area contributed by atoms with Gasteiger partial charge in [-0.3, -0.25) is 23.7 Å². The van der Waals surface area contributed by atoms with Crippen molar-refractivity contribution in [2.45, 2.75) is 25.2 Å². The molecule has 0 radical (unpaired) electrons. The number of rotatable bonds is 5. The molecule has 31 heavy (non-hydrogen) atoms. The topological polar surface area (TPSA) is 107 Å². The van der Waals surface area contributed by atoms with Gasteiger partial charge < -0.3 is 5.32 Å². The van der Waals surface area contributed by atoms with Gasteiger partial charge in [-0.1, -0.05) is 6.92 Å². The van der Waals surface area contributed by atoms with Crippen LogP contribution < -0.4 is 5.32 Å². The van der Waals surface area contributed by atoms with Crippen LogP contribution in [0, 0.1) is 5.92 Å². The molecule has 1 saturated carbocycles. The van der Waals surface area contributed by atoms with Crippen molar-refractivity contribution < 1.29 is 9.59 Å². The van der Waals surface area contributed by atoms with E-state index in [4.69, 9.17) is 0 Å². The van der Waals surface area contributed by atoms with E-state index >= 15 is 0 Å². The highest BCUT2D eigenvalue weighted by atomic mass is 16.1. The Morgan fingerprint density at radius 3 is 2.81 bits per heavy atom. The fourth-order valence-corrected chi connectivity index (χ4v) is 4.50. The molecule has 4 aromatic rings. The zero-order valence-corrected chi connectivity index (χ0v) is 17.2. The van der Waals surface area contributed by atoms with Gasteiger partial charge in [0.25, 0.3) is 5.91 Å². The van der Waals surface area contributed by atoms with Gasteiger partial charge in [0.05, 0.1) is 29.1 Å². The smallest absolute Gasteiger partial charge is 0.259 e. The first-order valence-electron chi connectivity index (χ1n) is 10.0. The number of amides is 1. The van der Waals surface area contributed by atoms with Crippen LogP contribution in [0.4, 0.5) is 5.69 Å². The lowest BCUT2D eigenvalue weighted by atomic mass is 9.59. The van der Waals surface area contributed by atoms with Gasteiger partial charge in [-0.2, -0.15) is 5.10 Å². The van der Waals surface area contributed by atoms with Crippen molar-refractivity contribution in [3.05, 3.63) is 72.0 Å². The maximum absolute atomic E-state index is 13.0. The van der Waals surface area contributed by atoms with Crippen LogP contribution in [0.3, 0.4) is 0 Å². The molecule has 0 bridgehead atoms. The Kier molecular flexibility index (Phi) is 4.39. The van der Waals surface area contributed by atoms with Crippen LogP contribution in [0.1, 0.15) is 52.0 Å². The van der Waals surface area contributed by atoms with Crippen molar-refractivity contribution in [1.29, 1.82) is 0 Å². The monoisotopic (exact) mass is 415 g/mol. The number of carbonyl (C=O) groups is 2. The van der Waals surface area contributed by atoms with Crippen molar-refractivity contribution in [2.75, 3.05) is 5.32 Å². The van der Waals surface area contributed by atoms with Crippen LogP contribution in [0.25, 0.3) is 5.65 Å². The molecule has 0 atom stereocenters. The molecule has 0 spiro atoms. The molecule has 4 heterocycles. The maximum atomic E-state index is 13.0. The Morgan fingerprint density at radius 2 is 2.10 bits per heavy atom. The third kappa shape index (κ3) is 3.09. The predicted octanol–water partition coefficient (Wildman–Crippen LogP) is 2.64. The predicted molar refractivity (Wildman–Crippen MR) is 113 cm³/mol. The minimum absolute atomic E-state index is 0.295. The van der Waals surface area contributed by atoms with Gasteiger partial charge in [0.15, 0.2) is 12.1 Å². The van der Waals surface area contributed by atoms with E-state index < -0.39 is 0 Å². The number of hydrogen-bond acceptors (Lipinski definition) is 6. The maximum Gasteiger partial charge on any atom is 0.259 e. The van der Waals surface area contributed by atoms with E-state index in [1.807, 2.05) is 19.3 Å². The zero-order valence-electron chi connectivity index (χ0n) is 17.2. The number of carbonyl (C=O) groups excluding carboxylic acids is 2. The summed E-state index contributed by atoms with van der Waals surface area (Å²) in [6, 6.07) is 5.33. The first kappa shape index (κ1) is 19.1. The largest absolute Gasteiger partial charge is 0.320 e. The van der Waals surface area contributed by atoms with Gasteiger partial charge in [0.2, 0.25) is 0 Å². The van der Waals surface area contributed by atoms with Gasteiger partial charge in [0.1, 0.15) is 17.7 Å². The Bertz CT molecular complexity index is 1300. The average molecular weight is 415 g/mol. The molecule has 4 aromatic heterocycles. The molecule has 156 valence electrons. The highest BCUT2D eigenvalue weighted by molar-refractivity contribution is 6.08. The number of aldehydes is 1. The molecule has 5 rings (SSSR count). The summed E-state index contributed by atoms with van der Waals surface area (Å²) in [4.78, 5) is 37.3. The van der Waals surface area contributed by atoms with Crippen molar-refractivity contribution in [1.82, 2.24) is 29.1 Å². The second kappa shape index (κ2) is 7.12. The van der Waals surface area contributed by atoms with Gasteiger partial charge in [-0.05, 0) is 42.5 Å². The quantitative estimate of drug-likeness (QED) is 0.502. The van der Waals surface area contributed by atoms with Gasteiger partial charge in [-0.25, -0.2) is 9.97 Å². The van der Waals surface area contributed by atoms with Crippen molar-refractivity contribution in [2.24, 2.45) is 13.0 Å². The highest BCUT2D eigenvalue weighted by Crippen LogP contribution is 2.51. The SMILES string of the molecule is CC1CC(c2cncc(NC(=O)c3cccn4c(C=O)cnc34)c2)(c2ncn(C)n2)C1. The molecular weight excluding hydrogens is 394 g/mol. The molecule has 1 N–H and O–H groups in total. The van der Waals surface area contributed by atoms with E-state index in [-0.39, 0.29) is 11.3 Å². The van der Waals surface area contributed by atoms with E-state index in [0.29, 0.717) is 34.8 Å². The van der Waals surface area contributed by atoms with Crippen LogP contribution >= 0.6 is 0 Å². The van der Waals surface area contributed by atoms with Crippen molar-refractivity contribution in [3.8, 4) is 0 Å². The number of pyridine rings is 2. The summed E-state index contributed by atoms with van der Waals surface area (Å²) >= 11 is 0.